The van der Waals surface area contributed by atoms with Gasteiger partial charge in [0.25, 0.3) is 0 Å². The molecule has 0 aliphatic rings. The number of carbonyl (C=O) groups excluding carboxylic acids is 1. The monoisotopic (exact) mass is 598 g/mol. The zero-order valence-electron chi connectivity index (χ0n) is 20.5. The fourth-order valence-electron chi connectivity index (χ4n) is 3.19. The molecule has 0 radical (unpaired) electrons. The minimum Gasteiger partial charge on any atom is -0.494 e. The smallest absolute Gasteiger partial charge is 0.384 e. The molecule has 3 nitrogen and oxygen atoms in total. The number of rotatable bonds is 14. The van der Waals surface area contributed by atoms with E-state index >= 15 is 0 Å². The Morgan fingerprint density at radius 3 is 1.70 bits per heavy atom. The Kier molecular flexibility index (Phi) is 10.1. The van der Waals surface area contributed by atoms with Crippen LogP contribution in [0.5, 0.6) is 5.75 Å². The van der Waals surface area contributed by atoms with Gasteiger partial charge in [-0.15, -0.1) is 0 Å². The van der Waals surface area contributed by atoms with Gasteiger partial charge >= 0.3 is 42.0 Å². The summed E-state index contributed by atoms with van der Waals surface area (Å²) in [6, 6.07) is 11.1. The number of ether oxygens (including phenoxy) is 2. The van der Waals surface area contributed by atoms with Crippen molar-refractivity contribution in [3.05, 3.63) is 54.1 Å². The van der Waals surface area contributed by atoms with Gasteiger partial charge in [-0.05, 0) is 41.8 Å². The van der Waals surface area contributed by atoms with Crippen molar-refractivity contribution in [1.29, 1.82) is 0 Å². The van der Waals surface area contributed by atoms with Gasteiger partial charge in [0.1, 0.15) is 5.75 Å². The third-order valence-electron chi connectivity index (χ3n) is 5.65. The molecule has 0 unspecified atom stereocenters. The molecule has 0 heterocycles. The maximum atomic E-state index is 13.8. The van der Waals surface area contributed by atoms with E-state index in [1.54, 1.807) is 24.3 Å². The van der Waals surface area contributed by atoms with Crippen LogP contribution in [0, 0.1) is 0 Å². The normalized spacial score (nSPS) is 13.4. The lowest BCUT2D eigenvalue weighted by Crippen LogP contribution is -2.69. The van der Waals surface area contributed by atoms with Crippen LogP contribution in [-0.4, -0.2) is 55.2 Å². The van der Waals surface area contributed by atoms with Crippen LogP contribution < -0.4 is 4.74 Å². The molecule has 0 aliphatic carbocycles. The maximum Gasteiger partial charge on any atom is 0.384 e. The number of unbranched alkanes of at least 4 members (excludes halogenated alkanes) is 2. The first kappa shape index (κ1) is 33.1. The van der Waals surface area contributed by atoms with Gasteiger partial charge in [0.2, 0.25) is 0 Å². The van der Waals surface area contributed by atoms with E-state index in [2.05, 4.69) is 4.74 Å². The second-order valence-electron chi connectivity index (χ2n) is 8.58. The number of benzene rings is 2. The minimum atomic E-state index is -7.69. The van der Waals surface area contributed by atoms with Gasteiger partial charge in [0, 0.05) is 0 Å². The van der Waals surface area contributed by atoms with E-state index < -0.39 is 54.2 Å². The van der Waals surface area contributed by atoms with Crippen LogP contribution in [0.4, 0.5) is 52.7 Å². The van der Waals surface area contributed by atoms with Crippen molar-refractivity contribution >= 4 is 5.97 Å². The van der Waals surface area contributed by atoms with Crippen LogP contribution in [-0.2, 0) is 4.74 Å². The number of esters is 1. The number of hydrogen-bond acceptors (Lipinski definition) is 3. The molecule has 2 aromatic carbocycles. The number of hydrogen-bond donors (Lipinski definition) is 0. The van der Waals surface area contributed by atoms with E-state index in [1.807, 2.05) is 6.92 Å². The maximum absolute atomic E-state index is 13.8. The molecule has 0 aliphatic heterocycles. The highest BCUT2D eigenvalue weighted by Gasteiger charge is 2.87. The molecular formula is C25H22F12O3. The van der Waals surface area contributed by atoms with Crippen LogP contribution in [0.3, 0.4) is 0 Å². The standard InChI is InChI=1S/C25H22F12O3/c1-2-3-4-13-39-18-11-9-16(10-12-18)15-5-7-17(8-6-15)19(38)40-14-21(28,29)23(32,33)25(36,37)24(34,35)22(30,31)20(26)27/h5-12,20H,2-4,13-14H2,1H3. The third-order valence-corrected chi connectivity index (χ3v) is 5.65. The van der Waals surface area contributed by atoms with E-state index in [0.717, 1.165) is 31.4 Å². The fraction of sp³-hybridized carbons (Fsp3) is 0.480. The molecule has 15 heteroatoms. The van der Waals surface area contributed by atoms with E-state index in [0.29, 0.717) is 23.5 Å². The Labute approximate surface area is 220 Å². The lowest BCUT2D eigenvalue weighted by atomic mass is 9.94. The molecule has 0 amide bonds. The molecular weight excluding hydrogens is 576 g/mol. The quantitative estimate of drug-likeness (QED) is 0.124. The molecule has 0 atom stereocenters. The first-order valence-electron chi connectivity index (χ1n) is 11.5. The molecule has 0 N–H and O–H groups in total. The summed E-state index contributed by atoms with van der Waals surface area (Å²) < 4.78 is 168. The highest BCUT2D eigenvalue weighted by Crippen LogP contribution is 2.58. The highest BCUT2D eigenvalue weighted by atomic mass is 19.4. The van der Waals surface area contributed by atoms with E-state index in [4.69, 9.17) is 4.74 Å². The second-order valence-corrected chi connectivity index (χ2v) is 8.58. The summed E-state index contributed by atoms with van der Waals surface area (Å²) in [6.45, 7) is -0.420. The van der Waals surface area contributed by atoms with Crippen LogP contribution in [0.25, 0.3) is 11.1 Å². The van der Waals surface area contributed by atoms with Gasteiger partial charge in [0.05, 0.1) is 12.2 Å². The molecule has 2 aromatic rings. The van der Waals surface area contributed by atoms with Crippen LogP contribution in [0.1, 0.15) is 36.5 Å². The Morgan fingerprint density at radius 1 is 0.725 bits per heavy atom. The first-order valence-corrected chi connectivity index (χ1v) is 11.5. The van der Waals surface area contributed by atoms with E-state index in [1.165, 1.54) is 12.1 Å². The molecule has 0 spiro atoms. The summed E-state index contributed by atoms with van der Waals surface area (Å²) in [6.07, 6.45) is -2.72. The Morgan fingerprint density at radius 2 is 1.23 bits per heavy atom. The van der Waals surface area contributed by atoms with Crippen molar-refractivity contribution in [3.8, 4) is 16.9 Å². The lowest BCUT2D eigenvalue weighted by molar-refractivity contribution is -0.414. The van der Waals surface area contributed by atoms with E-state index in [-0.39, 0.29) is 0 Å². The fourth-order valence-corrected chi connectivity index (χ4v) is 3.19. The van der Waals surface area contributed by atoms with Gasteiger partial charge in [-0.1, -0.05) is 44.0 Å². The van der Waals surface area contributed by atoms with Crippen molar-refractivity contribution < 1.29 is 67.0 Å². The van der Waals surface area contributed by atoms with Gasteiger partial charge in [0.15, 0.2) is 6.61 Å². The van der Waals surface area contributed by atoms with Crippen LogP contribution in [0.15, 0.2) is 48.5 Å². The predicted octanol–water partition coefficient (Wildman–Crippen LogP) is 8.52. The topological polar surface area (TPSA) is 35.5 Å². The molecule has 0 bridgehead atoms. The third kappa shape index (κ3) is 6.43. The van der Waals surface area contributed by atoms with E-state index in [9.17, 15) is 57.5 Å². The van der Waals surface area contributed by atoms with Gasteiger partial charge in [-0.2, -0.15) is 43.9 Å². The van der Waals surface area contributed by atoms with Gasteiger partial charge in [-0.25, -0.2) is 13.6 Å². The summed E-state index contributed by atoms with van der Waals surface area (Å²) in [7, 11) is 0. The van der Waals surface area contributed by atoms with Crippen LogP contribution >= 0.6 is 0 Å². The largest absolute Gasteiger partial charge is 0.494 e. The SMILES string of the molecule is CCCCCOc1ccc(-c2ccc(C(=O)OCC(F)(F)C(F)(F)C(F)(F)C(F)(F)C(F)(F)C(F)F)cc2)cc1. The summed E-state index contributed by atoms with van der Waals surface area (Å²) >= 11 is 0. The van der Waals surface area contributed by atoms with Crippen molar-refractivity contribution in [2.24, 2.45) is 0 Å². The highest BCUT2D eigenvalue weighted by molar-refractivity contribution is 5.90. The number of alkyl halides is 12. The zero-order valence-corrected chi connectivity index (χ0v) is 20.5. The average molecular weight is 598 g/mol. The summed E-state index contributed by atoms with van der Waals surface area (Å²) in [5.74, 6) is -37.3. The second kappa shape index (κ2) is 12.2. The molecule has 40 heavy (non-hydrogen) atoms. The van der Waals surface area contributed by atoms with Crippen molar-refractivity contribution in [2.75, 3.05) is 13.2 Å². The van der Waals surface area contributed by atoms with Gasteiger partial charge < -0.3 is 9.47 Å². The summed E-state index contributed by atoms with van der Waals surface area (Å²) in [5, 5.41) is 0. The molecule has 0 saturated heterocycles. The predicted molar refractivity (Wildman–Crippen MR) is 118 cm³/mol. The zero-order chi connectivity index (χ0) is 30.6. The average Bonchev–Trinajstić information content (AvgIpc) is 2.89. The molecule has 224 valence electrons. The molecule has 0 saturated carbocycles. The molecule has 0 fully saturated rings. The van der Waals surface area contributed by atoms with Crippen molar-refractivity contribution in [3.63, 3.8) is 0 Å². The molecule has 2 rings (SSSR count). The summed E-state index contributed by atoms with van der Waals surface area (Å²) in [4.78, 5) is 12.0. The van der Waals surface area contributed by atoms with Crippen molar-refractivity contribution in [2.45, 2.75) is 62.2 Å². The number of halogens is 12. The summed E-state index contributed by atoms with van der Waals surface area (Å²) in [5.41, 5.74) is 0.531. The first-order chi connectivity index (χ1) is 18.3. The minimum absolute atomic E-state index is 0.479. The van der Waals surface area contributed by atoms with Gasteiger partial charge in [-0.3, -0.25) is 0 Å². The Hall–Kier alpha value is -3.13. The number of carbonyl (C=O) groups is 1. The van der Waals surface area contributed by atoms with Crippen LogP contribution in [0.2, 0.25) is 0 Å². The lowest BCUT2D eigenvalue weighted by Gasteiger charge is -2.38. The van der Waals surface area contributed by atoms with Crippen molar-refractivity contribution in [1.82, 2.24) is 0 Å². The Balaban J connectivity index is 2.10. The Bertz CT molecular complexity index is 1120. The molecule has 0 aromatic heterocycles.